The third-order valence-electron chi connectivity index (χ3n) is 2.71. The maximum Gasteiger partial charge on any atom is 0.326 e. The first-order chi connectivity index (χ1) is 8.91. The molecule has 0 fully saturated rings. The van der Waals surface area contributed by atoms with E-state index in [-0.39, 0.29) is 0 Å². The Morgan fingerprint density at radius 2 is 1.84 bits per heavy atom. The quantitative estimate of drug-likeness (QED) is 0.683. The number of nitrogens with one attached hydrogen (secondary N) is 1. The number of amides is 2. The van der Waals surface area contributed by atoms with E-state index in [1.54, 1.807) is 31.2 Å². The number of rotatable bonds is 6. The molecular formula is C13H16N2O4. The first kappa shape index (κ1) is 14.7. The number of carboxylic acid groups (broad SMARTS) is 1. The first-order valence-electron chi connectivity index (χ1n) is 5.78. The van der Waals surface area contributed by atoms with Gasteiger partial charge < -0.3 is 16.2 Å². The van der Waals surface area contributed by atoms with Crippen LogP contribution in [0.5, 0.6) is 0 Å². The molecule has 0 radical (unpaired) electrons. The number of hydrogen-bond donors (Lipinski definition) is 3. The summed E-state index contributed by atoms with van der Waals surface area (Å²) >= 11 is 0. The van der Waals surface area contributed by atoms with Gasteiger partial charge in [0.1, 0.15) is 6.04 Å². The van der Waals surface area contributed by atoms with Crippen molar-refractivity contribution in [2.45, 2.75) is 25.3 Å². The van der Waals surface area contributed by atoms with Crippen LogP contribution < -0.4 is 11.1 Å². The highest BCUT2D eigenvalue weighted by molar-refractivity contribution is 5.90. The van der Waals surface area contributed by atoms with Gasteiger partial charge in [-0.1, -0.05) is 30.3 Å². The summed E-state index contributed by atoms with van der Waals surface area (Å²) in [6.45, 7) is 1.66. The lowest BCUT2D eigenvalue weighted by Gasteiger charge is -2.17. The molecule has 0 aliphatic carbocycles. The minimum atomic E-state index is -1.30. The van der Waals surface area contributed by atoms with E-state index in [0.717, 1.165) is 5.56 Å². The second-order valence-electron chi connectivity index (χ2n) is 4.20. The van der Waals surface area contributed by atoms with Gasteiger partial charge in [-0.15, -0.1) is 0 Å². The number of primary amides is 1. The van der Waals surface area contributed by atoms with Crippen molar-refractivity contribution in [3.63, 3.8) is 0 Å². The smallest absolute Gasteiger partial charge is 0.326 e. The molecule has 6 heteroatoms. The summed E-state index contributed by atoms with van der Waals surface area (Å²) in [4.78, 5) is 33.6. The van der Waals surface area contributed by atoms with Crippen LogP contribution in [-0.4, -0.2) is 28.9 Å². The molecule has 6 nitrogen and oxygen atoms in total. The summed E-state index contributed by atoms with van der Waals surface area (Å²) in [5, 5.41) is 11.2. The topological polar surface area (TPSA) is 109 Å². The third-order valence-corrected chi connectivity index (χ3v) is 2.71. The van der Waals surface area contributed by atoms with Gasteiger partial charge in [0.05, 0.1) is 12.3 Å². The Kier molecular flexibility index (Phi) is 5.05. The van der Waals surface area contributed by atoms with Crippen molar-refractivity contribution >= 4 is 17.8 Å². The van der Waals surface area contributed by atoms with Gasteiger partial charge >= 0.3 is 5.97 Å². The monoisotopic (exact) mass is 264 g/mol. The average Bonchev–Trinajstić information content (AvgIpc) is 2.37. The largest absolute Gasteiger partial charge is 0.480 e. The van der Waals surface area contributed by atoms with Gasteiger partial charge in [0, 0.05) is 0 Å². The molecule has 0 heterocycles. The number of carbonyl (C=O) groups is 3. The zero-order chi connectivity index (χ0) is 14.4. The highest BCUT2D eigenvalue weighted by atomic mass is 16.4. The number of aliphatic carboxylic acids is 1. The molecular weight excluding hydrogens is 248 g/mol. The van der Waals surface area contributed by atoms with Gasteiger partial charge in [0.15, 0.2) is 0 Å². The zero-order valence-corrected chi connectivity index (χ0v) is 10.5. The Morgan fingerprint density at radius 3 is 2.32 bits per heavy atom. The maximum atomic E-state index is 11.9. The molecule has 19 heavy (non-hydrogen) atoms. The molecule has 0 aromatic heterocycles. The second kappa shape index (κ2) is 6.53. The predicted molar refractivity (Wildman–Crippen MR) is 68.2 cm³/mol. The first-order valence-corrected chi connectivity index (χ1v) is 5.78. The molecule has 0 spiro atoms. The van der Waals surface area contributed by atoms with Gasteiger partial charge in [-0.25, -0.2) is 4.79 Å². The molecule has 1 unspecified atom stereocenters. The van der Waals surface area contributed by atoms with E-state index in [2.05, 4.69) is 5.32 Å². The number of nitrogens with two attached hydrogens (primary N) is 1. The Labute approximate surface area is 110 Å². The van der Waals surface area contributed by atoms with E-state index in [0.29, 0.717) is 0 Å². The number of carbonyl (C=O) groups excluding carboxylic acids is 2. The van der Waals surface area contributed by atoms with Gasteiger partial charge in [-0.05, 0) is 12.5 Å². The van der Waals surface area contributed by atoms with E-state index in [4.69, 9.17) is 10.8 Å². The van der Waals surface area contributed by atoms with Gasteiger partial charge in [0.25, 0.3) is 0 Å². The molecule has 1 aromatic rings. The molecule has 0 saturated heterocycles. The highest BCUT2D eigenvalue weighted by Gasteiger charge is 2.25. The Bertz CT molecular complexity index is 473. The van der Waals surface area contributed by atoms with Gasteiger partial charge in [-0.3, -0.25) is 9.59 Å². The van der Waals surface area contributed by atoms with Crippen LogP contribution in [0.3, 0.4) is 0 Å². The molecule has 0 aliphatic heterocycles. The zero-order valence-electron chi connectivity index (χ0n) is 10.5. The fourth-order valence-corrected chi connectivity index (χ4v) is 1.59. The molecule has 2 atom stereocenters. The Balaban J connectivity index is 2.72. The van der Waals surface area contributed by atoms with E-state index in [9.17, 15) is 14.4 Å². The molecule has 102 valence electrons. The van der Waals surface area contributed by atoms with Gasteiger partial charge in [-0.2, -0.15) is 0 Å². The summed E-state index contributed by atoms with van der Waals surface area (Å²) in [5.41, 5.74) is 5.71. The van der Waals surface area contributed by atoms with Crippen LogP contribution in [0.15, 0.2) is 30.3 Å². The van der Waals surface area contributed by atoms with Crippen LogP contribution >= 0.6 is 0 Å². The lowest BCUT2D eigenvalue weighted by molar-refractivity contribution is -0.143. The standard InChI is InChI=1S/C13H16N2O4/c1-8(9-5-3-2-4-6-9)12(17)15-10(13(18)19)7-11(14)16/h2-6,8,10H,7H2,1H3,(H2,14,16)(H,15,17)(H,18,19)/t8?,10-/m1/s1. The number of carboxylic acids is 1. The SMILES string of the molecule is CC(C(=O)N[C@H](CC(N)=O)C(=O)O)c1ccccc1. The van der Waals surface area contributed by atoms with Crippen molar-refractivity contribution in [1.82, 2.24) is 5.32 Å². The summed E-state index contributed by atoms with van der Waals surface area (Å²) in [6.07, 6.45) is -0.428. The second-order valence-corrected chi connectivity index (χ2v) is 4.20. The van der Waals surface area contributed by atoms with E-state index in [1.165, 1.54) is 0 Å². The van der Waals surface area contributed by atoms with Crippen molar-refractivity contribution in [2.24, 2.45) is 5.73 Å². The maximum absolute atomic E-state index is 11.9. The average molecular weight is 264 g/mol. The van der Waals surface area contributed by atoms with Crippen molar-refractivity contribution in [3.05, 3.63) is 35.9 Å². The van der Waals surface area contributed by atoms with Crippen LogP contribution in [0, 0.1) is 0 Å². The molecule has 0 saturated carbocycles. The van der Waals surface area contributed by atoms with Crippen molar-refractivity contribution in [3.8, 4) is 0 Å². The van der Waals surface area contributed by atoms with Crippen LogP contribution in [0.4, 0.5) is 0 Å². The molecule has 4 N–H and O–H groups in total. The summed E-state index contributed by atoms with van der Waals surface area (Å²) in [6, 6.07) is 7.65. The lowest BCUT2D eigenvalue weighted by Crippen LogP contribution is -2.44. The summed E-state index contributed by atoms with van der Waals surface area (Å²) in [5.74, 6) is -3.02. The molecule has 1 rings (SSSR count). The fraction of sp³-hybridized carbons (Fsp3) is 0.308. The highest BCUT2D eigenvalue weighted by Crippen LogP contribution is 2.14. The molecule has 0 aliphatic rings. The predicted octanol–water partition coefficient (Wildman–Crippen LogP) is 0.235. The molecule has 2 amide bonds. The van der Waals surface area contributed by atoms with Gasteiger partial charge in [0.2, 0.25) is 11.8 Å². The van der Waals surface area contributed by atoms with Crippen LogP contribution in [0.1, 0.15) is 24.8 Å². The minimum Gasteiger partial charge on any atom is -0.480 e. The third kappa shape index (κ3) is 4.42. The normalized spacial score (nSPS) is 13.3. The van der Waals surface area contributed by atoms with Crippen molar-refractivity contribution in [2.75, 3.05) is 0 Å². The van der Waals surface area contributed by atoms with Crippen molar-refractivity contribution in [1.29, 1.82) is 0 Å². The number of benzene rings is 1. The minimum absolute atomic E-state index is 0.428. The fourth-order valence-electron chi connectivity index (χ4n) is 1.59. The molecule has 1 aromatic carbocycles. The van der Waals surface area contributed by atoms with E-state index in [1.807, 2.05) is 6.07 Å². The molecule has 0 bridgehead atoms. The van der Waals surface area contributed by atoms with E-state index >= 15 is 0 Å². The van der Waals surface area contributed by atoms with Crippen LogP contribution in [-0.2, 0) is 14.4 Å². The van der Waals surface area contributed by atoms with E-state index < -0.39 is 36.2 Å². The van der Waals surface area contributed by atoms with Crippen LogP contribution in [0.25, 0.3) is 0 Å². The summed E-state index contributed by atoms with van der Waals surface area (Å²) < 4.78 is 0. The Morgan fingerprint density at radius 1 is 1.26 bits per heavy atom. The number of hydrogen-bond acceptors (Lipinski definition) is 3. The Hall–Kier alpha value is -2.37. The van der Waals surface area contributed by atoms with Crippen LogP contribution in [0.2, 0.25) is 0 Å². The van der Waals surface area contributed by atoms with Crippen molar-refractivity contribution < 1.29 is 19.5 Å². The summed E-state index contributed by atoms with van der Waals surface area (Å²) in [7, 11) is 0. The lowest BCUT2D eigenvalue weighted by atomic mass is 10.00.